The minimum Gasteiger partial charge on any atom is -0.273 e. The Balaban J connectivity index is -0.000000155. The fourth-order valence-electron chi connectivity index (χ4n) is 0.680. The molecule has 0 aromatic rings. The zero-order chi connectivity index (χ0) is 13.8. The number of rotatable bonds is 0. The van der Waals surface area contributed by atoms with Crippen molar-refractivity contribution in [3.63, 3.8) is 0 Å². The third-order valence-electron chi connectivity index (χ3n) is 1.17. The minimum atomic E-state index is 1.00. The summed E-state index contributed by atoms with van der Waals surface area (Å²) in [6.07, 6.45) is 20.0. The molecule has 0 fully saturated rings. The molecule has 0 radical (unpaired) electrons. The summed E-state index contributed by atoms with van der Waals surface area (Å²) in [5, 5.41) is 14.0. The van der Waals surface area contributed by atoms with Crippen molar-refractivity contribution in [2.75, 3.05) is 14.2 Å². The summed E-state index contributed by atoms with van der Waals surface area (Å²) in [7, 11) is 2.00. The van der Waals surface area contributed by atoms with E-state index in [0.717, 1.165) is 27.1 Å². The third kappa shape index (κ3) is 31.3. The SMILES string of the molecule is CO.CO.C[CH]=[Zr+2].[C-]1=CC=CC1.[C-]1=CC=CC1. The van der Waals surface area contributed by atoms with Gasteiger partial charge in [-0.3, -0.25) is 12.2 Å². The number of allylic oxidation sites excluding steroid dienone is 8. The van der Waals surface area contributed by atoms with Gasteiger partial charge in [0.15, 0.2) is 0 Å². The summed E-state index contributed by atoms with van der Waals surface area (Å²) in [6.45, 7) is 2.04. The van der Waals surface area contributed by atoms with E-state index in [0.29, 0.717) is 0 Å². The molecule has 2 N–H and O–H groups in total. The minimum absolute atomic E-state index is 1.00. The Hall–Kier alpha value is -0.367. The monoisotopic (exact) mass is 312 g/mol. The molecule has 0 aromatic carbocycles. The molecule has 0 saturated heterocycles. The summed E-state index contributed by atoms with van der Waals surface area (Å²) < 4.78 is 2.09. The largest absolute Gasteiger partial charge is 0.273 e. The standard InChI is InChI=1S/2C5H5.C2H4.2CH4O.Zr/c2*1-2-4-5-3-1;3*1-2;/h2*1-3H,4H2;1H,2H3;2*2H,1H3;/q2*-1;;;;+2. The van der Waals surface area contributed by atoms with E-state index >= 15 is 0 Å². The number of aliphatic hydroxyl groups excluding tert-OH is 2. The molecule has 94 valence electrons. The molecular formula is C14H22O2Zr. The van der Waals surface area contributed by atoms with Crippen molar-refractivity contribution in [3.8, 4) is 0 Å². The van der Waals surface area contributed by atoms with Crippen molar-refractivity contribution in [2.24, 2.45) is 0 Å². The van der Waals surface area contributed by atoms with Crippen molar-refractivity contribution in [1.82, 2.24) is 0 Å². The quantitative estimate of drug-likeness (QED) is 0.673. The summed E-state index contributed by atoms with van der Waals surface area (Å²) in [5.74, 6) is 0. The van der Waals surface area contributed by atoms with Gasteiger partial charge in [-0.15, -0.1) is 12.8 Å². The van der Waals surface area contributed by atoms with Crippen LogP contribution in [0.25, 0.3) is 0 Å². The Morgan fingerprint density at radius 2 is 1.24 bits per heavy atom. The molecule has 2 nitrogen and oxygen atoms in total. The number of aliphatic hydroxyl groups is 2. The van der Waals surface area contributed by atoms with E-state index in [1.54, 1.807) is 0 Å². The Morgan fingerprint density at radius 3 is 1.29 bits per heavy atom. The average molecular weight is 314 g/mol. The van der Waals surface area contributed by atoms with E-state index < -0.39 is 0 Å². The second-order valence-electron chi connectivity index (χ2n) is 2.29. The molecule has 0 aliphatic heterocycles. The summed E-state index contributed by atoms with van der Waals surface area (Å²) in [4.78, 5) is 0. The fourth-order valence-corrected chi connectivity index (χ4v) is 0.680. The second-order valence-corrected chi connectivity index (χ2v) is 3.71. The van der Waals surface area contributed by atoms with Gasteiger partial charge in [-0.1, -0.05) is 0 Å². The molecular weight excluding hydrogens is 291 g/mol. The van der Waals surface area contributed by atoms with Crippen LogP contribution in [0.2, 0.25) is 0 Å². The van der Waals surface area contributed by atoms with Crippen molar-refractivity contribution < 1.29 is 34.4 Å². The van der Waals surface area contributed by atoms with Gasteiger partial charge >= 0.3 is 34.9 Å². The van der Waals surface area contributed by atoms with E-state index in [1.807, 2.05) is 31.2 Å². The predicted molar refractivity (Wildman–Crippen MR) is 71.2 cm³/mol. The summed E-state index contributed by atoms with van der Waals surface area (Å²) in [5.41, 5.74) is 0. The van der Waals surface area contributed by atoms with Gasteiger partial charge in [0.05, 0.1) is 0 Å². The van der Waals surface area contributed by atoms with Gasteiger partial charge in [-0.25, -0.2) is 24.3 Å². The Labute approximate surface area is 120 Å². The average Bonchev–Trinajstić information content (AvgIpc) is 3.13. The van der Waals surface area contributed by atoms with Crippen LogP contribution in [-0.4, -0.2) is 28.1 Å². The molecule has 3 heteroatoms. The first-order valence-corrected chi connectivity index (χ1v) is 6.61. The molecule has 0 spiro atoms. The first-order chi connectivity index (χ1) is 8.41. The van der Waals surface area contributed by atoms with Crippen molar-refractivity contribution in [2.45, 2.75) is 19.8 Å². The van der Waals surface area contributed by atoms with Gasteiger partial charge in [-0.2, -0.15) is 12.2 Å². The van der Waals surface area contributed by atoms with Gasteiger partial charge in [0.25, 0.3) is 0 Å². The van der Waals surface area contributed by atoms with E-state index in [4.69, 9.17) is 10.2 Å². The molecule has 17 heavy (non-hydrogen) atoms. The van der Waals surface area contributed by atoms with E-state index in [2.05, 4.69) is 28.0 Å². The molecule has 0 aromatic heterocycles. The summed E-state index contributed by atoms with van der Waals surface area (Å²) >= 11 is 1.51. The van der Waals surface area contributed by atoms with Crippen LogP contribution in [0, 0.1) is 12.2 Å². The zero-order valence-electron chi connectivity index (χ0n) is 10.9. The van der Waals surface area contributed by atoms with Crippen LogP contribution in [0.3, 0.4) is 0 Å². The first-order valence-electron chi connectivity index (χ1n) is 5.19. The number of hydrogen-bond acceptors (Lipinski definition) is 2. The third-order valence-corrected chi connectivity index (χ3v) is 1.17. The van der Waals surface area contributed by atoms with Crippen LogP contribution >= 0.6 is 0 Å². The van der Waals surface area contributed by atoms with Gasteiger partial charge in [0.2, 0.25) is 0 Å². The maximum absolute atomic E-state index is 7.00. The molecule has 0 amide bonds. The molecule has 2 aliphatic carbocycles. The molecule has 2 rings (SSSR count). The van der Waals surface area contributed by atoms with Gasteiger partial charge in [0.1, 0.15) is 0 Å². The van der Waals surface area contributed by atoms with E-state index in [1.165, 1.54) is 24.2 Å². The molecule has 0 atom stereocenters. The molecule has 0 unspecified atom stereocenters. The van der Waals surface area contributed by atoms with Crippen LogP contribution in [-0.2, 0) is 24.2 Å². The zero-order valence-corrected chi connectivity index (χ0v) is 13.3. The predicted octanol–water partition coefficient (Wildman–Crippen LogP) is 2.18. The van der Waals surface area contributed by atoms with E-state index in [-0.39, 0.29) is 0 Å². The van der Waals surface area contributed by atoms with Crippen LogP contribution < -0.4 is 0 Å². The van der Waals surface area contributed by atoms with Crippen molar-refractivity contribution in [1.29, 1.82) is 0 Å². The van der Waals surface area contributed by atoms with Crippen molar-refractivity contribution >= 4 is 3.71 Å². The normalized spacial score (nSPS) is 11.9. The number of hydrogen-bond donors (Lipinski definition) is 2. The van der Waals surface area contributed by atoms with Crippen molar-refractivity contribution in [3.05, 3.63) is 48.6 Å². The molecule has 0 bridgehead atoms. The second kappa shape index (κ2) is 29.6. The van der Waals surface area contributed by atoms with Gasteiger partial charge < -0.3 is 10.2 Å². The van der Waals surface area contributed by atoms with Gasteiger partial charge in [0, 0.05) is 14.2 Å². The van der Waals surface area contributed by atoms with Gasteiger partial charge in [-0.05, 0) is 0 Å². The molecule has 0 heterocycles. The molecule has 0 saturated carbocycles. The topological polar surface area (TPSA) is 40.5 Å². The fraction of sp³-hybridized carbons (Fsp3) is 0.357. The Kier molecular flexibility index (Phi) is 38.1. The summed E-state index contributed by atoms with van der Waals surface area (Å²) in [6, 6.07) is 0. The van der Waals surface area contributed by atoms with Crippen LogP contribution in [0.15, 0.2) is 36.5 Å². The van der Waals surface area contributed by atoms with E-state index in [9.17, 15) is 0 Å². The smallest absolute Gasteiger partial charge is 0.109 e. The van der Waals surface area contributed by atoms with Crippen LogP contribution in [0.5, 0.6) is 0 Å². The molecule has 2 aliphatic rings. The van der Waals surface area contributed by atoms with Crippen LogP contribution in [0.1, 0.15) is 19.8 Å². The van der Waals surface area contributed by atoms with Crippen LogP contribution in [0.4, 0.5) is 0 Å². The Bertz CT molecular complexity index is 186. The maximum atomic E-state index is 7.00. The Morgan fingerprint density at radius 1 is 0.941 bits per heavy atom. The maximum Gasteiger partial charge on any atom is -0.109 e. The first kappa shape index (κ1) is 21.9.